The van der Waals surface area contributed by atoms with Crippen LogP contribution in [0.15, 0.2) is 16.5 Å². The molecule has 0 radical (unpaired) electrons. The number of ether oxygens (including phenoxy) is 1. The number of furan rings is 1. The van der Waals surface area contributed by atoms with Crippen molar-refractivity contribution in [2.24, 2.45) is 0 Å². The van der Waals surface area contributed by atoms with Gasteiger partial charge in [-0.3, -0.25) is 9.59 Å². The molecule has 8 heteroatoms. The maximum atomic E-state index is 12.0. The van der Waals surface area contributed by atoms with Crippen molar-refractivity contribution in [3.63, 3.8) is 0 Å². The van der Waals surface area contributed by atoms with Gasteiger partial charge in [0.2, 0.25) is 0 Å². The lowest BCUT2D eigenvalue weighted by Gasteiger charge is -2.14. The van der Waals surface area contributed by atoms with E-state index in [0.29, 0.717) is 17.5 Å². The van der Waals surface area contributed by atoms with E-state index >= 15 is 0 Å². The van der Waals surface area contributed by atoms with Gasteiger partial charge in [0.15, 0.2) is 5.76 Å². The van der Waals surface area contributed by atoms with Crippen molar-refractivity contribution in [2.45, 2.75) is 17.9 Å². The Morgan fingerprint density at radius 2 is 2.15 bits per heavy atom. The second kappa shape index (κ2) is 7.88. The lowest BCUT2D eigenvalue weighted by molar-refractivity contribution is -0.140. The van der Waals surface area contributed by atoms with E-state index in [2.05, 4.69) is 4.74 Å². The van der Waals surface area contributed by atoms with Gasteiger partial charge < -0.3 is 14.1 Å². The summed E-state index contributed by atoms with van der Waals surface area (Å²) in [6.07, 6.45) is 0.0769. The molecule has 1 heterocycles. The number of esters is 1. The predicted octanol–water partition coefficient (Wildman–Crippen LogP) is 2.37. The quantitative estimate of drug-likeness (QED) is 0.724. The number of nitrogens with zero attached hydrogens (tertiary/aromatic N) is 1. The summed E-state index contributed by atoms with van der Waals surface area (Å²) in [6.45, 7) is 0.188. The highest BCUT2D eigenvalue weighted by Crippen LogP contribution is 2.21. The van der Waals surface area contributed by atoms with Crippen LogP contribution in [-0.2, 0) is 15.3 Å². The summed E-state index contributed by atoms with van der Waals surface area (Å²) in [6, 6.07) is 2.91. The Bertz CT molecular complexity index is 464. The van der Waals surface area contributed by atoms with Crippen molar-refractivity contribution in [3.8, 4) is 0 Å². The number of rotatable bonds is 7. The minimum absolute atomic E-state index is 0.00315. The molecule has 0 aliphatic rings. The summed E-state index contributed by atoms with van der Waals surface area (Å²) in [5.74, 6) is -2.96. The second-order valence-electron chi connectivity index (χ2n) is 3.89. The third kappa shape index (κ3) is 5.20. The van der Waals surface area contributed by atoms with E-state index in [9.17, 15) is 18.4 Å². The van der Waals surface area contributed by atoms with Crippen LogP contribution in [0.2, 0.25) is 0 Å². The lowest BCUT2D eigenvalue weighted by Crippen LogP contribution is -2.28. The summed E-state index contributed by atoms with van der Waals surface area (Å²) in [4.78, 5) is 24.2. The maximum absolute atomic E-state index is 12.0. The normalized spacial score (nSPS) is 10.7. The van der Waals surface area contributed by atoms with Crippen molar-refractivity contribution in [3.05, 3.63) is 23.7 Å². The number of hydrogen-bond acceptors (Lipinski definition) is 5. The molecular formula is C12H15F2NO4S. The van der Waals surface area contributed by atoms with Gasteiger partial charge in [0.05, 0.1) is 19.3 Å². The fraction of sp³-hybridized carbons (Fsp3) is 0.500. The van der Waals surface area contributed by atoms with Crippen LogP contribution >= 0.6 is 11.8 Å². The first-order valence-corrected chi connectivity index (χ1v) is 6.79. The summed E-state index contributed by atoms with van der Waals surface area (Å²) >= 11 is 0.422. The molecule has 0 saturated heterocycles. The molecule has 0 aliphatic heterocycles. The molecule has 0 atom stereocenters. The van der Waals surface area contributed by atoms with E-state index < -0.39 is 17.6 Å². The molecule has 0 fully saturated rings. The van der Waals surface area contributed by atoms with Crippen molar-refractivity contribution in [1.82, 2.24) is 4.90 Å². The Labute approximate surface area is 119 Å². The van der Waals surface area contributed by atoms with Crippen molar-refractivity contribution < 1.29 is 27.5 Å². The molecule has 1 rings (SSSR count). The standard InChI is InChI=1S/C12H15F2NO4S/c1-15(6-5-10(16)18-2)11(17)9-4-3-8(19-9)7-20-12(13)14/h3-4,12H,5-7H2,1-2H3. The van der Waals surface area contributed by atoms with E-state index in [1.54, 1.807) is 0 Å². The molecule has 20 heavy (non-hydrogen) atoms. The molecule has 0 unspecified atom stereocenters. The van der Waals surface area contributed by atoms with E-state index in [4.69, 9.17) is 4.42 Å². The van der Waals surface area contributed by atoms with Gasteiger partial charge in [0.1, 0.15) is 5.76 Å². The zero-order valence-corrected chi connectivity index (χ0v) is 11.9. The van der Waals surface area contributed by atoms with Crippen LogP contribution in [0.25, 0.3) is 0 Å². The summed E-state index contributed by atoms with van der Waals surface area (Å²) < 4.78 is 33.7. The zero-order chi connectivity index (χ0) is 15.1. The predicted molar refractivity (Wildman–Crippen MR) is 69.6 cm³/mol. The number of methoxy groups -OCH3 is 1. The largest absolute Gasteiger partial charge is 0.469 e. The Balaban J connectivity index is 2.52. The van der Waals surface area contributed by atoms with Crippen molar-refractivity contribution in [2.75, 3.05) is 20.7 Å². The molecule has 0 saturated carbocycles. The van der Waals surface area contributed by atoms with Gasteiger partial charge in [-0.05, 0) is 12.1 Å². The van der Waals surface area contributed by atoms with Crippen LogP contribution in [0.1, 0.15) is 22.7 Å². The van der Waals surface area contributed by atoms with Crippen molar-refractivity contribution >= 4 is 23.6 Å². The first kappa shape index (κ1) is 16.5. The molecular weight excluding hydrogens is 292 g/mol. The number of carbonyl (C=O) groups excluding carboxylic acids is 2. The van der Waals surface area contributed by atoms with E-state index in [1.165, 1.54) is 31.2 Å². The van der Waals surface area contributed by atoms with Gasteiger partial charge in [-0.25, -0.2) is 0 Å². The maximum Gasteiger partial charge on any atom is 0.307 e. The Kier molecular flexibility index (Phi) is 6.50. The zero-order valence-electron chi connectivity index (χ0n) is 11.1. The number of thioether (sulfide) groups is 1. The Morgan fingerprint density at radius 3 is 2.75 bits per heavy atom. The first-order valence-electron chi connectivity index (χ1n) is 5.74. The highest BCUT2D eigenvalue weighted by Gasteiger charge is 2.17. The number of carbonyl (C=O) groups is 2. The Hall–Kier alpha value is -1.57. The van der Waals surface area contributed by atoms with E-state index in [0.717, 1.165) is 0 Å². The molecule has 0 N–H and O–H groups in total. The number of amides is 1. The van der Waals surface area contributed by atoms with Crippen LogP contribution in [-0.4, -0.2) is 43.2 Å². The molecule has 0 aliphatic carbocycles. The minimum Gasteiger partial charge on any atom is -0.469 e. The topological polar surface area (TPSA) is 59.8 Å². The van der Waals surface area contributed by atoms with Gasteiger partial charge in [-0.15, -0.1) is 0 Å². The third-order valence-corrected chi connectivity index (χ3v) is 3.15. The SMILES string of the molecule is COC(=O)CCN(C)C(=O)c1ccc(CSC(F)F)o1. The minimum atomic E-state index is -2.48. The Morgan fingerprint density at radius 1 is 1.45 bits per heavy atom. The van der Waals surface area contributed by atoms with Gasteiger partial charge >= 0.3 is 5.97 Å². The monoisotopic (exact) mass is 307 g/mol. The average Bonchev–Trinajstić information content (AvgIpc) is 2.89. The summed E-state index contributed by atoms with van der Waals surface area (Å²) in [5, 5.41) is 0. The molecule has 1 aromatic heterocycles. The van der Waals surface area contributed by atoms with Gasteiger partial charge in [-0.2, -0.15) is 8.78 Å². The van der Waals surface area contributed by atoms with Gasteiger partial charge in [0.25, 0.3) is 11.7 Å². The molecule has 0 bridgehead atoms. The van der Waals surface area contributed by atoms with Crippen LogP contribution in [0.4, 0.5) is 8.78 Å². The fourth-order valence-electron chi connectivity index (χ4n) is 1.37. The van der Waals surface area contributed by atoms with Crippen molar-refractivity contribution in [1.29, 1.82) is 0 Å². The molecule has 0 spiro atoms. The van der Waals surface area contributed by atoms with E-state index in [-0.39, 0.29) is 24.5 Å². The molecule has 1 amide bonds. The van der Waals surface area contributed by atoms with Crippen LogP contribution in [0.3, 0.4) is 0 Å². The number of hydrogen-bond donors (Lipinski definition) is 0. The summed E-state index contributed by atoms with van der Waals surface area (Å²) in [7, 11) is 2.78. The molecule has 112 valence electrons. The van der Waals surface area contributed by atoms with Gasteiger partial charge in [0, 0.05) is 13.6 Å². The van der Waals surface area contributed by atoms with Crippen LogP contribution in [0.5, 0.6) is 0 Å². The smallest absolute Gasteiger partial charge is 0.307 e. The molecule has 1 aromatic rings. The highest BCUT2D eigenvalue weighted by atomic mass is 32.2. The lowest BCUT2D eigenvalue weighted by atomic mass is 10.3. The average molecular weight is 307 g/mol. The third-order valence-electron chi connectivity index (χ3n) is 2.45. The van der Waals surface area contributed by atoms with Crippen LogP contribution < -0.4 is 0 Å². The highest BCUT2D eigenvalue weighted by molar-refractivity contribution is 7.98. The molecule has 0 aromatic carbocycles. The summed E-state index contributed by atoms with van der Waals surface area (Å²) in [5.41, 5.74) is 0. The number of alkyl halides is 2. The van der Waals surface area contributed by atoms with Gasteiger partial charge in [-0.1, -0.05) is 11.8 Å². The fourth-order valence-corrected chi connectivity index (χ4v) is 1.81. The number of halogens is 2. The van der Waals surface area contributed by atoms with Crippen LogP contribution in [0, 0.1) is 0 Å². The molecule has 5 nitrogen and oxygen atoms in total. The first-order chi connectivity index (χ1) is 9.43. The van der Waals surface area contributed by atoms with E-state index in [1.807, 2.05) is 0 Å². The second-order valence-corrected chi connectivity index (χ2v) is 4.87.